The fraction of sp³-hybridized carbons (Fsp3) is 0.259. The van der Waals surface area contributed by atoms with Gasteiger partial charge in [0.2, 0.25) is 16.0 Å². The first-order valence-electron chi connectivity index (χ1n) is 12.4. The lowest BCUT2D eigenvalue weighted by Crippen LogP contribution is -2.40. The normalized spacial score (nSPS) is 15.5. The predicted molar refractivity (Wildman–Crippen MR) is 157 cm³/mol. The molecule has 40 heavy (non-hydrogen) atoms. The molecular formula is C27H31ClFN5O4S2. The highest BCUT2D eigenvalue weighted by atomic mass is 35.5. The lowest BCUT2D eigenvalue weighted by atomic mass is 10.1. The van der Waals surface area contributed by atoms with Crippen LogP contribution in [0.15, 0.2) is 99.3 Å². The Hall–Kier alpha value is -3.32. The number of hydrazone groups is 1. The summed E-state index contributed by atoms with van der Waals surface area (Å²) < 4.78 is 61.9. The van der Waals surface area contributed by atoms with Gasteiger partial charge in [-0.25, -0.2) is 23.0 Å². The van der Waals surface area contributed by atoms with Crippen molar-refractivity contribution < 1.29 is 21.2 Å². The van der Waals surface area contributed by atoms with Crippen molar-refractivity contribution in [2.45, 2.75) is 24.2 Å². The van der Waals surface area contributed by atoms with Gasteiger partial charge >= 0.3 is 0 Å². The number of likely N-dealkylation sites (tertiary alicyclic amines) is 1. The minimum absolute atomic E-state index is 0.0838. The van der Waals surface area contributed by atoms with Gasteiger partial charge in [-0.3, -0.25) is 0 Å². The van der Waals surface area contributed by atoms with Gasteiger partial charge in [0, 0.05) is 24.5 Å². The average molecular weight is 608 g/mol. The van der Waals surface area contributed by atoms with Crippen LogP contribution in [-0.2, 0) is 20.0 Å². The molecule has 1 saturated heterocycles. The van der Waals surface area contributed by atoms with Crippen LogP contribution in [0.4, 0.5) is 4.39 Å². The van der Waals surface area contributed by atoms with Crippen molar-refractivity contribution in [3.05, 3.63) is 101 Å². The smallest absolute Gasteiger partial charge is 0.285 e. The zero-order chi connectivity index (χ0) is 29.2. The predicted octanol–water partition coefficient (Wildman–Crippen LogP) is 4.32. The third-order valence-electron chi connectivity index (χ3n) is 5.58. The van der Waals surface area contributed by atoms with Gasteiger partial charge in [0.25, 0.3) is 10.0 Å². The second-order valence-electron chi connectivity index (χ2n) is 8.93. The SMILES string of the molecule is CS(N)(=O)=O.O=S(=O)(/N=C(/N1CCCC1)N1CCC(c2ccc(F)cc2)=N1)c1ccc(Cl)cc1.c1ccccc1. The molecule has 0 spiro atoms. The Morgan fingerprint density at radius 1 is 0.875 bits per heavy atom. The van der Waals surface area contributed by atoms with Crippen molar-refractivity contribution in [3.8, 4) is 0 Å². The van der Waals surface area contributed by atoms with Crippen molar-refractivity contribution in [2.75, 3.05) is 25.9 Å². The molecule has 9 nitrogen and oxygen atoms in total. The van der Waals surface area contributed by atoms with Crippen LogP contribution in [0, 0.1) is 5.82 Å². The summed E-state index contributed by atoms with van der Waals surface area (Å²) in [6, 6.07) is 24.1. The van der Waals surface area contributed by atoms with E-state index in [1.807, 2.05) is 41.3 Å². The number of guanidine groups is 1. The highest BCUT2D eigenvalue weighted by Gasteiger charge is 2.29. The van der Waals surface area contributed by atoms with E-state index >= 15 is 0 Å². The maximum absolute atomic E-state index is 13.2. The molecule has 0 saturated carbocycles. The highest BCUT2D eigenvalue weighted by molar-refractivity contribution is 7.90. The van der Waals surface area contributed by atoms with Gasteiger partial charge in [0.15, 0.2) is 0 Å². The van der Waals surface area contributed by atoms with Crippen LogP contribution < -0.4 is 5.14 Å². The number of primary sulfonamides is 1. The summed E-state index contributed by atoms with van der Waals surface area (Å²) in [5, 5.41) is 11.0. The molecule has 3 aromatic rings. The zero-order valence-electron chi connectivity index (χ0n) is 21.9. The first-order chi connectivity index (χ1) is 18.9. The van der Waals surface area contributed by atoms with Gasteiger partial charge in [-0.2, -0.15) is 13.5 Å². The first kappa shape index (κ1) is 31.2. The number of halogens is 2. The standard InChI is InChI=1S/C20H20ClFN4O2S.C6H6.CH5NO2S/c21-16-5-9-18(10-6-16)29(27,28)24-20(25-12-1-2-13-25)26-14-11-19(23-26)15-3-7-17(22)8-4-15;1-2-4-6-5-3-1;1-5(2,3)4/h3-10H,1-2,11-14H2;1-6H;1H3,(H2,2,3,4)/b24-20-;;. The molecule has 2 aliphatic heterocycles. The summed E-state index contributed by atoms with van der Waals surface area (Å²) >= 11 is 5.87. The Labute approximate surface area is 239 Å². The van der Waals surface area contributed by atoms with Gasteiger partial charge < -0.3 is 4.90 Å². The minimum atomic E-state index is -3.91. The van der Waals surface area contributed by atoms with Crippen LogP contribution in [0.25, 0.3) is 0 Å². The molecule has 0 radical (unpaired) electrons. The number of benzene rings is 3. The molecule has 214 valence electrons. The second kappa shape index (κ2) is 14.4. The number of rotatable bonds is 3. The number of sulfonamides is 2. The van der Waals surface area contributed by atoms with Crippen molar-refractivity contribution in [1.82, 2.24) is 9.91 Å². The third-order valence-corrected chi connectivity index (χ3v) is 7.10. The molecule has 5 rings (SSSR count). The number of hydrogen-bond acceptors (Lipinski definition) is 5. The van der Waals surface area contributed by atoms with Crippen LogP contribution in [0.3, 0.4) is 0 Å². The fourth-order valence-electron chi connectivity index (χ4n) is 3.78. The topological polar surface area (TPSA) is 126 Å². The molecule has 2 N–H and O–H groups in total. The van der Waals surface area contributed by atoms with E-state index in [0.717, 1.165) is 43.5 Å². The summed E-state index contributed by atoms with van der Waals surface area (Å²) in [5.41, 5.74) is 1.59. The summed E-state index contributed by atoms with van der Waals surface area (Å²) in [4.78, 5) is 2.03. The monoisotopic (exact) mass is 607 g/mol. The van der Waals surface area contributed by atoms with E-state index in [-0.39, 0.29) is 10.7 Å². The first-order valence-corrected chi connectivity index (χ1v) is 16.1. The molecule has 0 unspecified atom stereocenters. The van der Waals surface area contributed by atoms with Crippen LogP contribution in [0.1, 0.15) is 24.8 Å². The molecule has 3 aromatic carbocycles. The van der Waals surface area contributed by atoms with Gasteiger partial charge in [-0.05, 0) is 54.8 Å². The van der Waals surface area contributed by atoms with Crippen LogP contribution in [0.5, 0.6) is 0 Å². The molecule has 2 heterocycles. The highest BCUT2D eigenvalue weighted by Crippen LogP contribution is 2.22. The quantitative estimate of drug-likeness (QED) is 0.349. The summed E-state index contributed by atoms with van der Waals surface area (Å²) in [6.45, 7) is 1.97. The Morgan fingerprint density at radius 3 is 1.88 bits per heavy atom. The van der Waals surface area contributed by atoms with Crippen LogP contribution in [0.2, 0.25) is 5.02 Å². The Morgan fingerprint density at radius 2 is 1.38 bits per heavy atom. The number of hydrogen-bond donors (Lipinski definition) is 1. The molecular weight excluding hydrogens is 577 g/mol. The molecule has 2 aliphatic rings. The van der Waals surface area contributed by atoms with E-state index in [0.29, 0.717) is 23.9 Å². The van der Waals surface area contributed by atoms with E-state index in [4.69, 9.17) is 11.6 Å². The molecule has 0 atom stereocenters. The molecule has 0 bridgehead atoms. The van der Waals surface area contributed by atoms with E-state index in [2.05, 4.69) is 14.6 Å². The van der Waals surface area contributed by atoms with E-state index in [1.165, 1.54) is 36.4 Å². The average Bonchev–Trinajstić information content (AvgIpc) is 3.62. The van der Waals surface area contributed by atoms with E-state index in [9.17, 15) is 21.2 Å². The van der Waals surface area contributed by atoms with Crippen molar-refractivity contribution in [3.63, 3.8) is 0 Å². The Balaban J connectivity index is 0.000000336. The zero-order valence-corrected chi connectivity index (χ0v) is 24.3. The molecule has 0 amide bonds. The molecule has 13 heteroatoms. The van der Waals surface area contributed by atoms with Gasteiger partial charge in [0.05, 0.1) is 23.4 Å². The van der Waals surface area contributed by atoms with Gasteiger partial charge in [-0.1, -0.05) is 60.1 Å². The third kappa shape index (κ3) is 10.3. The molecule has 0 aliphatic carbocycles. The van der Waals surface area contributed by atoms with Gasteiger partial charge in [-0.15, -0.1) is 4.40 Å². The number of nitrogens with two attached hydrogens (primary N) is 1. The second-order valence-corrected chi connectivity index (χ2v) is 12.6. The van der Waals surface area contributed by atoms with Crippen molar-refractivity contribution in [2.24, 2.45) is 14.6 Å². The maximum Gasteiger partial charge on any atom is 0.285 e. The van der Waals surface area contributed by atoms with Gasteiger partial charge in [0.1, 0.15) is 5.82 Å². The lowest BCUT2D eigenvalue weighted by Gasteiger charge is -2.25. The Bertz CT molecular complexity index is 1480. The minimum Gasteiger partial charge on any atom is -0.340 e. The summed E-state index contributed by atoms with van der Waals surface area (Å²) in [7, 11) is -7.08. The van der Waals surface area contributed by atoms with Crippen molar-refractivity contribution in [1.29, 1.82) is 0 Å². The maximum atomic E-state index is 13.2. The summed E-state index contributed by atoms with van der Waals surface area (Å²) in [5.74, 6) is 0.0205. The lowest BCUT2D eigenvalue weighted by molar-refractivity contribution is 0.382. The van der Waals surface area contributed by atoms with Crippen LogP contribution >= 0.6 is 11.6 Å². The number of nitrogens with zero attached hydrogens (tertiary/aromatic N) is 4. The fourth-order valence-corrected chi connectivity index (χ4v) is 4.92. The molecule has 0 aromatic heterocycles. The molecule has 1 fully saturated rings. The van der Waals surface area contributed by atoms with E-state index in [1.54, 1.807) is 17.1 Å². The Kier molecular flexibility index (Phi) is 11.2. The van der Waals surface area contributed by atoms with Crippen molar-refractivity contribution >= 4 is 43.3 Å². The summed E-state index contributed by atoms with van der Waals surface area (Å²) in [6.07, 6.45) is 3.51. The largest absolute Gasteiger partial charge is 0.340 e. The van der Waals surface area contributed by atoms with Crippen LogP contribution in [-0.4, -0.2) is 64.3 Å². The van der Waals surface area contributed by atoms with E-state index < -0.39 is 20.0 Å².